The van der Waals surface area contributed by atoms with Gasteiger partial charge >= 0.3 is 0 Å². The number of hydrogen-bond acceptors (Lipinski definition) is 5. The van der Waals surface area contributed by atoms with Crippen molar-refractivity contribution in [2.75, 3.05) is 40.0 Å². The molecule has 4 rings (SSSR count). The lowest BCUT2D eigenvalue weighted by Gasteiger charge is -2.42. The minimum absolute atomic E-state index is 0.0352. The third kappa shape index (κ3) is 8.43. The third-order valence-corrected chi connectivity index (χ3v) is 6.71. The molecule has 1 fully saturated rings. The SMILES string of the molecule is CN(Cc1ccccc1)C(=O)C[C@]1(COc2ccc(Cl)cc2)CN(C(=O)CCOc2cccc(F)c2)CCO1. The zero-order chi connectivity index (χ0) is 27.7. The molecule has 1 aliphatic rings. The first-order valence-corrected chi connectivity index (χ1v) is 13.2. The highest BCUT2D eigenvalue weighted by atomic mass is 35.5. The summed E-state index contributed by atoms with van der Waals surface area (Å²) in [6.45, 7) is 1.46. The summed E-state index contributed by atoms with van der Waals surface area (Å²) >= 11 is 6.00. The number of morpholine rings is 1. The number of halogens is 2. The average molecular weight is 555 g/mol. The van der Waals surface area contributed by atoms with Crippen molar-refractivity contribution in [1.29, 1.82) is 0 Å². The Morgan fingerprint density at radius 2 is 1.79 bits per heavy atom. The van der Waals surface area contributed by atoms with Crippen molar-refractivity contribution in [3.8, 4) is 11.5 Å². The first kappa shape index (κ1) is 28.4. The van der Waals surface area contributed by atoms with Crippen molar-refractivity contribution in [2.24, 2.45) is 0 Å². The minimum atomic E-state index is -1.04. The van der Waals surface area contributed by atoms with Crippen LogP contribution in [-0.4, -0.2) is 67.2 Å². The largest absolute Gasteiger partial charge is 0.493 e. The van der Waals surface area contributed by atoms with Crippen LogP contribution in [0.2, 0.25) is 5.02 Å². The van der Waals surface area contributed by atoms with Crippen LogP contribution in [0.1, 0.15) is 18.4 Å². The number of carbonyl (C=O) groups excluding carboxylic acids is 2. The summed E-state index contributed by atoms with van der Waals surface area (Å²) in [5.41, 5.74) is -0.0293. The lowest BCUT2D eigenvalue weighted by atomic mass is 9.96. The van der Waals surface area contributed by atoms with Gasteiger partial charge in [-0.25, -0.2) is 4.39 Å². The highest BCUT2D eigenvalue weighted by Gasteiger charge is 2.42. The standard InChI is InChI=1S/C30H32ClFN2O5/c1-33(20-23-6-3-2-4-7-23)29(36)19-30(22-38-26-12-10-24(31)11-13-26)21-34(15-17-39-30)28(35)14-16-37-27-9-5-8-25(32)18-27/h2-13,18H,14-17,19-22H2,1H3/t30-/m1/s1. The van der Waals surface area contributed by atoms with Crippen LogP contribution in [0, 0.1) is 5.82 Å². The second kappa shape index (κ2) is 13.4. The number of ether oxygens (including phenoxy) is 3. The van der Waals surface area contributed by atoms with E-state index in [4.69, 9.17) is 25.8 Å². The molecule has 0 unspecified atom stereocenters. The van der Waals surface area contributed by atoms with Gasteiger partial charge in [-0.15, -0.1) is 0 Å². The summed E-state index contributed by atoms with van der Waals surface area (Å²) in [6.07, 6.45) is 0.139. The van der Waals surface area contributed by atoms with Crippen molar-refractivity contribution in [3.63, 3.8) is 0 Å². The van der Waals surface area contributed by atoms with Crippen LogP contribution in [0.3, 0.4) is 0 Å². The van der Waals surface area contributed by atoms with Gasteiger partial charge in [0.05, 0.1) is 32.6 Å². The van der Waals surface area contributed by atoms with E-state index in [-0.39, 0.29) is 51.0 Å². The highest BCUT2D eigenvalue weighted by molar-refractivity contribution is 6.30. The van der Waals surface area contributed by atoms with E-state index in [1.165, 1.54) is 12.1 Å². The number of carbonyl (C=O) groups is 2. The first-order valence-electron chi connectivity index (χ1n) is 12.8. The molecule has 0 aliphatic carbocycles. The van der Waals surface area contributed by atoms with Gasteiger partial charge in [0.2, 0.25) is 11.8 Å². The molecular weight excluding hydrogens is 523 g/mol. The van der Waals surface area contributed by atoms with Gasteiger partial charge in [0, 0.05) is 31.2 Å². The van der Waals surface area contributed by atoms with Crippen LogP contribution in [0.15, 0.2) is 78.9 Å². The fourth-order valence-corrected chi connectivity index (χ4v) is 4.50. The molecule has 0 bridgehead atoms. The molecule has 39 heavy (non-hydrogen) atoms. The van der Waals surface area contributed by atoms with Crippen LogP contribution in [-0.2, 0) is 20.9 Å². The van der Waals surface area contributed by atoms with E-state index in [0.717, 1.165) is 5.56 Å². The molecule has 206 valence electrons. The van der Waals surface area contributed by atoms with Crippen LogP contribution in [0.5, 0.6) is 11.5 Å². The van der Waals surface area contributed by atoms with E-state index in [1.54, 1.807) is 53.2 Å². The van der Waals surface area contributed by atoms with Crippen molar-refractivity contribution in [2.45, 2.75) is 25.0 Å². The Balaban J connectivity index is 1.42. The molecule has 2 amide bonds. The summed E-state index contributed by atoms with van der Waals surface area (Å²) in [6, 6.07) is 22.4. The van der Waals surface area contributed by atoms with E-state index in [2.05, 4.69) is 0 Å². The highest BCUT2D eigenvalue weighted by Crippen LogP contribution is 2.27. The topological polar surface area (TPSA) is 68.3 Å². The van der Waals surface area contributed by atoms with Gasteiger partial charge in [0.15, 0.2) is 0 Å². The predicted octanol–water partition coefficient (Wildman–Crippen LogP) is 4.97. The van der Waals surface area contributed by atoms with Crippen molar-refractivity contribution in [3.05, 3.63) is 95.3 Å². The van der Waals surface area contributed by atoms with Crippen LogP contribution >= 0.6 is 11.6 Å². The Kier molecular flexibility index (Phi) is 9.79. The van der Waals surface area contributed by atoms with Crippen LogP contribution in [0.25, 0.3) is 0 Å². The van der Waals surface area contributed by atoms with Gasteiger partial charge < -0.3 is 24.0 Å². The van der Waals surface area contributed by atoms with Gasteiger partial charge in [-0.2, -0.15) is 0 Å². The van der Waals surface area contributed by atoms with E-state index in [9.17, 15) is 14.0 Å². The van der Waals surface area contributed by atoms with E-state index < -0.39 is 11.4 Å². The zero-order valence-electron chi connectivity index (χ0n) is 21.9. The maximum absolute atomic E-state index is 13.4. The molecule has 1 heterocycles. The maximum atomic E-state index is 13.4. The van der Waals surface area contributed by atoms with Gasteiger partial charge in [-0.3, -0.25) is 9.59 Å². The van der Waals surface area contributed by atoms with Crippen LogP contribution in [0.4, 0.5) is 4.39 Å². The molecule has 3 aromatic carbocycles. The fraction of sp³-hybridized carbons (Fsp3) is 0.333. The molecule has 1 atom stereocenters. The summed E-state index contributed by atoms with van der Waals surface area (Å²) in [7, 11) is 1.75. The Labute approximate surface area is 233 Å². The fourth-order valence-electron chi connectivity index (χ4n) is 4.38. The molecular formula is C30H32ClFN2O5. The molecule has 7 nitrogen and oxygen atoms in total. The van der Waals surface area contributed by atoms with Gasteiger partial charge in [-0.05, 0) is 42.0 Å². The van der Waals surface area contributed by atoms with Crippen molar-refractivity contribution >= 4 is 23.4 Å². The Hall–Kier alpha value is -3.62. The molecule has 0 saturated carbocycles. The summed E-state index contributed by atoms with van der Waals surface area (Å²) in [4.78, 5) is 29.7. The summed E-state index contributed by atoms with van der Waals surface area (Å²) in [5.74, 6) is 0.277. The number of rotatable bonds is 11. The maximum Gasteiger partial charge on any atom is 0.226 e. The molecule has 1 saturated heterocycles. The molecule has 1 aliphatic heterocycles. The third-order valence-electron chi connectivity index (χ3n) is 6.46. The van der Waals surface area contributed by atoms with E-state index in [1.807, 2.05) is 30.3 Å². The number of hydrogen-bond donors (Lipinski definition) is 0. The summed E-state index contributed by atoms with van der Waals surface area (Å²) < 4.78 is 31.2. The summed E-state index contributed by atoms with van der Waals surface area (Å²) in [5, 5.41) is 0.584. The van der Waals surface area contributed by atoms with Crippen molar-refractivity contribution < 1.29 is 28.2 Å². The quantitative estimate of drug-likeness (QED) is 0.335. The molecule has 0 radical (unpaired) electrons. The lowest BCUT2D eigenvalue weighted by Crippen LogP contribution is -2.58. The Bertz CT molecular complexity index is 1240. The van der Waals surface area contributed by atoms with E-state index >= 15 is 0 Å². The van der Waals surface area contributed by atoms with Gasteiger partial charge in [0.25, 0.3) is 0 Å². The zero-order valence-corrected chi connectivity index (χ0v) is 22.6. The second-order valence-corrected chi connectivity index (χ2v) is 9.99. The van der Waals surface area contributed by atoms with Gasteiger partial charge in [0.1, 0.15) is 29.5 Å². The molecule has 9 heteroatoms. The van der Waals surface area contributed by atoms with Crippen molar-refractivity contribution in [1.82, 2.24) is 9.80 Å². The number of nitrogens with zero attached hydrogens (tertiary/aromatic N) is 2. The lowest BCUT2D eigenvalue weighted by molar-refractivity contribution is -0.165. The smallest absolute Gasteiger partial charge is 0.226 e. The van der Waals surface area contributed by atoms with Gasteiger partial charge in [-0.1, -0.05) is 48.0 Å². The minimum Gasteiger partial charge on any atom is -0.493 e. The normalized spacial score (nSPS) is 16.9. The average Bonchev–Trinajstić information content (AvgIpc) is 2.93. The second-order valence-electron chi connectivity index (χ2n) is 9.56. The Morgan fingerprint density at radius 1 is 1.03 bits per heavy atom. The van der Waals surface area contributed by atoms with Crippen LogP contribution < -0.4 is 9.47 Å². The predicted molar refractivity (Wildman–Crippen MR) is 146 cm³/mol. The molecule has 0 aromatic heterocycles. The number of amides is 2. The molecule has 3 aromatic rings. The Morgan fingerprint density at radius 3 is 2.54 bits per heavy atom. The monoisotopic (exact) mass is 554 g/mol. The van der Waals surface area contributed by atoms with E-state index in [0.29, 0.717) is 29.6 Å². The molecule has 0 spiro atoms. The molecule has 0 N–H and O–H groups in total. The first-order chi connectivity index (χ1) is 18.8. The number of benzene rings is 3.